The van der Waals surface area contributed by atoms with Gasteiger partial charge in [0.15, 0.2) is 0 Å². The molecule has 0 aliphatic heterocycles. The largest absolute Gasteiger partial charge is 0.352 e. The lowest BCUT2D eigenvalue weighted by Crippen LogP contribution is -2.44. The van der Waals surface area contributed by atoms with Crippen molar-refractivity contribution in [2.45, 2.75) is 52.1 Å². The van der Waals surface area contributed by atoms with Crippen LogP contribution in [0.15, 0.2) is 24.3 Å². The second-order valence-corrected chi connectivity index (χ2v) is 6.59. The molecule has 21 heavy (non-hydrogen) atoms. The van der Waals surface area contributed by atoms with Crippen LogP contribution in [0.2, 0.25) is 0 Å². The van der Waals surface area contributed by atoms with Gasteiger partial charge in [0.05, 0.1) is 6.54 Å². The minimum Gasteiger partial charge on any atom is -0.352 e. The summed E-state index contributed by atoms with van der Waals surface area (Å²) < 4.78 is 0. The Balaban J connectivity index is 1.77. The van der Waals surface area contributed by atoms with E-state index in [0.29, 0.717) is 18.5 Å². The summed E-state index contributed by atoms with van der Waals surface area (Å²) in [6, 6.07) is 8.87. The Bertz CT molecular complexity index is 455. The van der Waals surface area contributed by atoms with Crippen LogP contribution < -0.4 is 5.32 Å². The van der Waals surface area contributed by atoms with E-state index in [0.717, 1.165) is 13.0 Å². The SMILES string of the molecule is Cc1ccc(CN(C)CC(=O)NC2CCCCC2C)cc1. The van der Waals surface area contributed by atoms with Gasteiger partial charge in [0.2, 0.25) is 5.91 Å². The smallest absolute Gasteiger partial charge is 0.234 e. The lowest BCUT2D eigenvalue weighted by Gasteiger charge is -2.30. The fourth-order valence-electron chi connectivity index (χ4n) is 3.09. The Hall–Kier alpha value is -1.35. The van der Waals surface area contributed by atoms with Gasteiger partial charge in [0.1, 0.15) is 0 Å². The molecule has 116 valence electrons. The van der Waals surface area contributed by atoms with Crippen LogP contribution in [0.3, 0.4) is 0 Å². The zero-order chi connectivity index (χ0) is 15.2. The van der Waals surface area contributed by atoms with Crippen LogP contribution in [0.4, 0.5) is 0 Å². The summed E-state index contributed by atoms with van der Waals surface area (Å²) in [5, 5.41) is 3.21. The third-order valence-electron chi connectivity index (χ3n) is 4.44. The van der Waals surface area contributed by atoms with Crippen LogP contribution in [-0.4, -0.2) is 30.4 Å². The van der Waals surface area contributed by atoms with Crippen LogP contribution in [0.1, 0.15) is 43.7 Å². The molecular weight excluding hydrogens is 260 g/mol. The van der Waals surface area contributed by atoms with Gasteiger partial charge in [-0.15, -0.1) is 0 Å². The van der Waals surface area contributed by atoms with E-state index in [2.05, 4.69) is 48.3 Å². The van der Waals surface area contributed by atoms with Crippen molar-refractivity contribution in [3.8, 4) is 0 Å². The standard InChI is InChI=1S/C18H28N2O/c1-14-8-10-16(11-9-14)12-20(3)13-18(21)19-17-7-5-4-6-15(17)2/h8-11,15,17H,4-7,12-13H2,1-3H3,(H,19,21). The maximum absolute atomic E-state index is 12.2. The molecule has 3 heteroatoms. The molecule has 0 spiro atoms. The van der Waals surface area contributed by atoms with Crippen molar-refractivity contribution in [1.29, 1.82) is 0 Å². The fraction of sp³-hybridized carbons (Fsp3) is 0.611. The number of hydrogen-bond donors (Lipinski definition) is 1. The van der Waals surface area contributed by atoms with Gasteiger partial charge >= 0.3 is 0 Å². The number of rotatable bonds is 5. The Labute approximate surface area is 128 Å². The first-order chi connectivity index (χ1) is 10.0. The molecule has 1 aliphatic carbocycles. The third-order valence-corrected chi connectivity index (χ3v) is 4.44. The van der Waals surface area contributed by atoms with Crippen molar-refractivity contribution in [2.75, 3.05) is 13.6 Å². The van der Waals surface area contributed by atoms with Crippen molar-refractivity contribution in [2.24, 2.45) is 5.92 Å². The van der Waals surface area contributed by atoms with Gasteiger partial charge in [-0.05, 0) is 38.3 Å². The number of likely N-dealkylation sites (N-methyl/N-ethyl adjacent to an activating group) is 1. The van der Waals surface area contributed by atoms with E-state index in [4.69, 9.17) is 0 Å². The van der Waals surface area contributed by atoms with Gasteiger partial charge < -0.3 is 5.32 Å². The molecule has 0 aromatic heterocycles. The van der Waals surface area contributed by atoms with Crippen molar-refractivity contribution >= 4 is 5.91 Å². The quantitative estimate of drug-likeness (QED) is 0.903. The first kappa shape index (κ1) is 16.0. The molecule has 2 rings (SSSR count). The lowest BCUT2D eigenvalue weighted by molar-refractivity contribution is -0.123. The van der Waals surface area contributed by atoms with E-state index >= 15 is 0 Å². The van der Waals surface area contributed by atoms with Crippen LogP contribution in [-0.2, 0) is 11.3 Å². The summed E-state index contributed by atoms with van der Waals surface area (Å²) in [7, 11) is 2.00. The highest BCUT2D eigenvalue weighted by Gasteiger charge is 2.22. The summed E-state index contributed by atoms with van der Waals surface area (Å²) in [5.41, 5.74) is 2.52. The zero-order valence-corrected chi connectivity index (χ0v) is 13.6. The molecule has 2 atom stereocenters. The number of hydrogen-bond acceptors (Lipinski definition) is 2. The third kappa shape index (κ3) is 5.16. The number of benzene rings is 1. The van der Waals surface area contributed by atoms with E-state index in [1.165, 1.54) is 30.4 Å². The van der Waals surface area contributed by atoms with Gasteiger partial charge in [-0.25, -0.2) is 0 Å². The molecule has 0 bridgehead atoms. The normalized spacial score (nSPS) is 22.3. The van der Waals surface area contributed by atoms with E-state index in [1.807, 2.05) is 7.05 Å². The molecule has 1 fully saturated rings. The molecule has 1 aromatic rings. The number of aryl methyl sites for hydroxylation is 1. The number of amides is 1. The minimum absolute atomic E-state index is 0.156. The first-order valence-electron chi connectivity index (χ1n) is 8.08. The molecule has 1 saturated carbocycles. The van der Waals surface area contributed by atoms with Gasteiger partial charge in [-0.3, -0.25) is 9.69 Å². The summed E-state index contributed by atoms with van der Waals surface area (Å²) in [4.78, 5) is 14.2. The molecule has 2 unspecified atom stereocenters. The summed E-state index contributed by atoms with van der Waals surface area (Å²) in [6.07, 6.45) is 4.92. The van der Waals surface area contributed by atoms with Gasteiger partial charge in [0, 0.05) is 12.6 Å². The molecule has 0 heterocycles. The number of carbonyl (C=O) groups is 1. The number of nitrogens with one attached hydrogen (secondary N) is 1. The van der Waals surface area contributed by atoms with E-state index in [1.54, 1.807) is 0 Å². The monoisotopic (exact) mass is 288 g/mol. The molecule has 1 amide bonds. The van der Waals surface area contributed by atoms with Gasteiger partial charge in [-0.2, -0.15) is 0 Å². The Morgan fingerprint density at radius 1 is 1.24 bits per heavy atom. The van der Waals surface area contributed by atoms with Crippen molar-refractivity contribution in [3.05, 3.63) is 35.4 Å². The fourth-order valence-corrected chi connectivity index (χ4v) is 3.09. The molecular formula is C18H28N2O. The van der Waals surface area contributed by atoms with E-state index < -0.39 is 0 Å². The molecule has 1 N–H and O–H groups in total. The maximum atomic E-state index is 12.2. The maximum Gasteiger partial charge on any atom is 0.234 e. The Morgan fingerprint density at radius 3 is 2.57 bits per heavy atom. The van der Waals surface area contributed by atoms with Crippen molar-refractivity contribution < 1.29 is 4.79 Å². The predicted molar refractivity (Wildman–Crippen MR) is 87.1 cm³/mol. The van der Waals surface area contributed by atoms with Crippen LogP contribution >= 0.6 is 0 Å². The second kappa shape index (κ2) is 7.60. The average molecular weight is 288 g/mol. The molecule has 0 radical (unpaired) electrons. The summed E-state index contributed by atoms with van der Waals surface area (Å²) in [5.74, 6) is 0.772. The average Bonchev–Trinajstić information content (AvgIpc) is 2.44. The highest BCUT2D eigenvalue weighted by atomic mass is 16.2. The topological polar surface area (TPSA) is 32.3 Å². The van der Waals surface area contributed by atoms with Crippen molar-refractivity contribution in [1.82, 2.24) is 10.2 Å². The minimum atomic E-state index is 0.156. The lowest BCUT2D eigenvalue weighted by atomic mass is 9.86. The summed E-state index contributed by atoms with van der Waals surface area (Å²) in [6.45, 7) is 5.62. The number of carbonyl (C=O) groups excluding carboxylic acids is 1. The first-order valence-corrected chi connectivity index (χ1v) is 8.08. The Kier molecular flexibility index (Phi) is 5.80. The highest BCUT2D eigenvalue weighted by Crippen LogP contribution is 2.23. The van der Waals surface area contributed by atoms with Crippen molar-refractivity contribution in [3.63, 3.8) is 0 Å². The zero-order valence-electron chi connectivity index (χ0n) is 13.6. The Morgan fingerprint density at radius 2 is 1.90 bits per heavy atom. The molecule has 1 aromatic carbocycles. The van der Waals surface area contributed by atoms with Crippen LogP contribution in [0.25, 0.3) is 0 Å². The summed E-state index contributed by atoms with van der Waals surface area (Å²) >= 11 is 0. The second-order valence-electron chi connectivity index (χ2n) is 6.59. The van der Waals surface area contributed by atoms with Crippen LogP contribution in [0.5, 0.6) is 0 Å². The van der Waals surface area contributed by atoms with Gasteiger partial charge in [-0.1, -0.05) is 49.6 Å². The highest BCUT2D eigenvalue weighted by molar-refractivity contribution is 5.78. The predicted octanol–water partition coefficient (Wildman–Crippen LogP) is 3.12. The van der Waals surface area contributed by atoms with E-state index in [9.17, 15) is 4.79 Å². The van der Waals surface area contributed by atoms with Gasteiger partial charge in [0.25, 0.3) is 0 Å². The molecule has 1 aliphatic rings. The molecule has 0 saturated heterocycles. The van der Waals surface area contributed by atoms with Crippen LogP contribution in [0, 0.1) is 12.8 Å². The number of nitrogens with zero attached hydrogens (tertiary/aromatic N) is 1. The van der Waals surface area contributed by atoms with E-state index in [-0.39, 0.29) is 5.91 Å². The molecule has 3 nitrogen and oxygen atoms in total.